The lowest BCUT2D eigenvalue weighted by atomic mass is 10.2. The second-order valence-corrected chi connectivity index (χ2v) is 4.45. The van der Waals surface area contributed by atoms with Gasteiger partial charge >= 0.3 is 0 Å². The van der Waals surface area contributed by atoms with E-state index in [1.165, 1.54) is 4.90 Å². The summed E-state index contributed by atoms with van der Waals surface area (Å²) < 4.78 is 11.0. The van der Waals surface area contributed by atoms with Crippen LogP contribution in [0.1, 0.15) is 10.4 Å². The van der Waals surface area contributed by atoms with E-state index in [4.69, 9.17) is 9.47 Å². The van der Waals surface area contributed by atoms with Crippen molar-refractivity contribution in [1.29, 1.82) is 0 Å². The number of ether oxygens (including phenoxy) is 2. The molecule has 0 aliphatic rings. The molecule has 0 aliphatic heterocycles. The van der Waals surface area contributed by atoms with Crippen LogP contribution in [-0.2, 0) is 4.74 Å². The molecule has 88 valence electrons. The van der Waals surface area contributed by atoms with Gasteiger partial charge in [0.15, 0.2) is 6.79 Å². The maximum absolute atomic E-state index is 11.8. The molecule has 0 fully saturated rings. The number of halogens is 1. The minimum atomic E-state index is -0.0349. The average Bonchev–Trinajstić information content (AvgIpc) is 2.26. The molecule has 0 bridgehead atoms. The van der Waals surface area contributed by atoms with Gasteiger partial charge in [-0.15, -0.1) is 0 Å². The molecule has 1 amide bonds. The second-order valence-electron chi connectivity index (χ2n) is 3.37. The summed E-state index contributed by atoms with van der Waals surface area (Å²) in [6, 6.07) is 5.39. The van der Waals surface area contributed by atoms with Gasteiger partial charge < -0.3 is 14.4 Å². The van der Waals surface area contributed by atoms with Gasteiger partial charge in [0.05, 0.1) is 9.13 Å². The van der Waals surface area contributed by atoms with Gasteiger partial charge in [-0.2, -0.15) is 0 Å². The van der Waals surface area contributed by atoms with Crippen LogP contribution in [0.4, 0.5) is 0 Å². The van der Waals surface area contributed by atoms with E-state index in [1.54, 1.807) is 33.3 Å². The third kappa shape index (κ3) is 3.08. The van der Waals surface area contributed by atoms with E-state index in [2.05, 4.69) is 22.6 Å². The Hall–Kier alpha value is -0.820. The minimum absolute atomic E-state index is 0.0349. The van der Waals surface area contributed by atoms with E-state index in [0.29, 0.717) is 11.3 Å². The predicted octanol–water partition coefficient (Wildman–Crippen LogP) is 1.98. The maximum Gasteiger partial charge on any atom is 0.254 e. The first-order chi connectivity index (χ1) is 7.57. The molecular weight excluding hydrogens is 321 g/mol. The lowest BCUT2D eigenvalue weighted by Crippen LogP contribution is -2.22. The number of carbonyl (C=O) groups excluding carboxylic acids is 1. The summed E-state index contributed by atoms with van der Waals surface area (Å²) >= 11 is 2.10. The van der Waals surface area contributed by atoms with E-state index in [-0.39, 0.29) is 12.7 Å². The summed E-state index contributed by atoms with van der Waals surface area (Å²) in [7, 11) is 5.00. The van der Waals surface area contributed by atoms with Gasteiger partial charge in [0, 0.05) is 21.2 Å². The van der Waals surface area contributed by atoms with Crippen LogP contribution in [0.25, 0.3) is 0 Å². The molecule has 5 heteroatoms. The summed E-state index contributed by atoms with van der Waals surface area (Å²) in [6.07, 6.45) is 0. The minimum Gasteiger partial charge on any atom is -0.466 e. The van der Waals surface area contributed by atoms with Crippen LogP contribution in [0.15, 0.2) is 18.2 Å². The SMILES string of the molecule is COCOc1cccc(C(=O)N(C)C)c1I. The summed E-state index contributed by atoms with van der Waals surface area (Å²) in [4.78, 5) is 13.4. The molecule has 1 rings (SSSR count). The highest BCUT2D eigenvalue weighted by molar-refractivity contribution is 14.1. The van der Waals surface area contributed by atoms with Crippen molar-refractivity contribution in [3.63, 3.8) is 0 Å². The van der Waals surface area contributed by atoms with Gasteiger partial charge in [0.25, 0.3) is 5.91 Å². The molecule has 16 heavy (non-hydrogen) atoms. The van der Waals surface area contributed by atoms with Crippen molar-refractivity contribution in [2.24, 2.45) is 0 Å². The molecule has 1 aromatic carbocycles. The zero-order chi connectivity index (χ0) is 12.1. The lowest BCUT2D eigenvalue weighted by molar-refractivity contribution is 0.0503. The van der Waals surface area contributed by atoms with Crippen molar-refractivity contribution < 1.29 is 14.3 Å². The van der Waals surface area contributed by atoms with Crippen LogP contribution >= 0.6 is 22.6 Å². The third-order valence-electron chi connectivity index (χ3n) is 1.93. The summed E-state index contributed by atoms with van der Waals surface area (Å²) in [5.74, 6) is 0.627. The zero-order valence-corrected chi connectivity index (χ0v) is 11.6. The molecule has 0 radical (unpaired) electrons. The number of rotatable bonds is 4. The first-order valence-electron chi connectivity index (χ1n) is 4.69. The Morgan fingerprint density at radius 1 is 1.44 bits per heavy atom. The fourth-order valence-corrected chi connectivity index (χ4v) is 1.90. The molecular formula is C11H14INO3. The Morgan fingerprint density at radius 3 is 2.69 bits per heavy atom. The fraction of sp³-hybridized carbons (Fsp3) is 0.364. The van der Waals surface area contributed by atoms with Gasteiger partial charge in [-0.05, 0) is 34.7 Å². The number of hydrogen-bond donors (Lipinski definition) is 0. The highest BCUT2D eigenvalue weighted by atomic mass is 127. The molecule has 0 heterocycles. The third-order valence-corrected chi connectivity index (χ3v) is 3.04. The smallest absolute Gasteiger partial charge is 0.254 e. The van der Waals surface area contributed by atoms with Crippen LogP contribution in [0.5, 0.6) is 5.75 Å². The average molecular weight is 335 g/mol. The molecule has 0 saturated heterocycles. The van der Waals surface area contributed by atoms with Crippen LogP contribution in [0.2, 0.25) is 0 Å². The van der Waals surface area contributed by atoms with E-state index in [1.807, 2.05) is 6.07 Å². The molecule has 0 saturated carbocycles. The lowest BCUT2D eigenvalue weighted by Gasteiger charge is -2.14. The van der Waals surface area contributed by atoms with Crippen molar-refractivity contribution in [3.05, 3.63) is 27.3 Å². The molecule has 0 N–H and O–H groups in total. The van der Waals surface area contributed by atoms with Gasteiger partial charge in [-0.3, -0.25) is 4.79 Å². The Morgan fingerprint density at radius 2 is 2.12 bits per heavy atom. The number of hydrogen-bond acceptors (Lipinski definition) is 3. The highest BCUT2D eigenvalue weighted by Gasteiger charge is 2.14. The Balaban J connectivity index is 2.99. The number of carbonyl (C=O) groups is 1. The second kappa shape index (κ2) is 6.05. The largest absolute Gasteiger partial charge is 0.466 e. The Bertz CT molecular complexity index is 379. The monoisotopic (exact) mass is 335 g/mol. The van der Waals surface area contributed by atoms with Crippen LogP contribution in [-0.4, -0.2) is 38.8 Å². The summed E-state index contributed by atoms with van der Waals surface area (Å²) in [6.45, 7) is 0.176. The first kappa shape index (κ1) is 13.2. The van der Waals surface area contributed by atoms with E-state index in [0.717, 1.165) is 3.57 Å². The van der Waals surface area contributed by atoms with Crippen molar-refractivity contribution in [2.45, 2.75) is 0 Å². The molecule has 0 aromatic heterocycles. The number of nitrogens with zero attached hydrogens (tertiary/aromatic N) is 1. The van der Waals surface area contributed by atoms with Gasteiger partial charge in [-0.25, -0.2) is 0 Å². The van der Waals surface area contributed by atoms with Crippen LogP contribution in [0.3, 0.4) is 0 Å². The summed E-state index contributed by atoms with van der Waals surface area (Å²) in [5, 5.41) is 0. The number of amides is 1. The molecule has 1 aromatic rings. The van der Waals surface area contributed by atoms with E-state index < -0.39 is 0 Å². The quantitative estimate of drug-likeness (QED) is 0.624. The standard InChI is InChI=1S/C11H14INO3/c1-13(2)11(14)8-5-4-6-9(10(8)12)16-7-15-3/h4-6H,7H2,1-3H3. The normalized spacial score (nSPS) is 10.0. The van der Waals surface area contributed by atoms with Gasteiger partial charge in [0.2, 0.25) is 0 Å². The van der Waals surface area contributed by atoms with E-state index >= 15 is 0 Å². The zero-order valence-electron chi connectivity index (χ0n) is 9.49. The van der Waals surface area contributed by atoms with Crippen LogP contribution < -0.4 is 4.74 Å². The Kier molecular flexibility index (Phi) is 5.01. The Labute approximate surface area is 109 Å². The molecule has 0 unspecified atom stereocenters. The van der Waals surface area contributed by atoms with Crippen LogP contribution in [0, 0.1) is 3.57 Å². The highest BCUT2D eigenvalue weighted by Crippen LogP contribution is 2.25. The first-order valence-corrected chi connectivity index (χ1v) is 5.77. The number of methoxy groups -OCH3 is 1. The van der Waals surface area contributed by atoms with Crippen molar-refractivity contribution >= 4 is 28.5 Å². The molecule has 0 spiro atoms. The van der Waals surface area contributed by atoms with E-state index in [9.17, 15) is 4.79 Å². The topological polar surface area (TPSA) is 38.8 Å². The maximum atomic E-state index is 11.8. The van der Waals surface area contributed by atoms with Crippen molar-refractivity contribution in [3.8, 4) is 5.75 Å². The molecule has 0 aliphatic carbocycles. The summed E-state index contributed by atoms with van der Waals surface area (Å²) in [5.41, 5.74) is 0.638. The molecule has 0 atom stereocenters. The fourth-order valence-electron chi connectivity index (χ4n) is 1.15. The predicted molar refractivity (Wildman–Crippen MR) is 69.7 cm³/mol. The van der Waals surface area contributed by atoms with Gasteiger partial charge in [0.1, 0.15) is 5.75 Å². The van der Waals surface area contributed by atoms with Crippen molar-refractivity contribution in [2.75, 3.05) is 28.0 Å². The number of benzene rings is 1. The molecule has 4 nitrogen and oxygen atoms in total. The van der Waals surface area contributed by atoms with Gasteiger partial charge in [-0.1, -0.05) is 6.07 Å². The van der Waals surface area contributed by atoms with Crippen molar-refractivity contribution in [1.82, 2.24) is 4.90 Å².